The predicted molar refractivity (Wildman–Crippen MR) is 147 cm³/mol. The van der Waals surface area contributed by atoms with Crippen LogP contribution >= 0.6 is 0 Å². The fourth-order valence-electron chi connectivity index (χ4n) is 4.39. The molecular formula is C30H33N3O3. The van der Waals surface area contributed by atoms with Crippen molar-refractivity contribution in [1.29, 1.82) is 0 Å². The molecule has 0 bridgehead atoms. The lowest BCUT2D eigenvalue weighted by atomic mass is 9.99. The first-order valence-electron chi connectivity index (χ1n) is 12.2. The Bertz CT molecular complexity index is 1450. The number of nitrogens with one attached hydrogen (secondary N) is 1. The van der Waals surface area contributed by atoms with Crippen LogP contribution in [0.4, 0.5) is 5.69 Å². The fraction of sp³-hybridized carbons (Fsp3) is 0.267. The molecule has 0 fully saturated rings. The summed E-state index contributed by atoms with van der Waals surface area (Å²) in [4.78, 5) is 27.5. The van der Waals surface area contributed by atoms with E-state index in [0.29, 0.717) is 23.2 Å². The minimum Gasteiger partial charge on any atom is -0.456 e. The van der Waals surface area contributed by atoms with Crippen molar-refractivity contribution >= 4 is 22.4 Å². The van der Waals surface area contributed by atoms with Gasteiger partial charge in [-0.15, -0.1) is 0 Å². The Balaban J connectivity index is 1.81. The van der Waals surface area contributed by atoms with E-state index in [0.717, 1.165) is 46.4 Å². The number of para-hydroxylation sites is 1. The van der Waals surface area contributed by atoms with Crippen LogP contribution in [0.3, 0.4) is 0 Å². The molecule has 3 aromatic carbocycles. The van der Waals surface area contributed by atoms with E-state index < -0.39 is 0 Å². The molecule has 1 heterocycles. The van der Waals surface area contributed by atoms with Gasteiger partial charge in [-0.3, -0.25) is 9.59 Å². The summed E-state index contributed by atoms with van der Waals surface area (Å²) < 4.78 is 8.08. The van der Waals surface area contributed by atoms with E-state index in [4.69, 9.17) is 4.74 Å². The molecule has 0 radical (unpaired) electrons. The largest absolute Gasteiger partial charge is 0.456 e. The van der Waals surface area contributed by atoms with Crippen molar-refractivity contribution in [3.8, 4) is 22.6 Å². The molecule has 4 rings (SSSR count). The highest BCUT2D eigenvalue weighted by Gasteiger charge is 2.17. The lowest BCUT2D eigenvalue weighted by Gasteiger charge is -2.18. The average Bonchev–Trinajstić information content (AvgIpc) is 2.84. The Morgan fingerprint density at radius 2 is 1.64 bits per heavy atom. The molecule has 0 unspecified atom stereocenters. The third kappa shape index (κ3) is 5.50. The van der Waals surface area contributed by atoms with Crippen LogP contribution in [0.15, 0.2) is 71.7 Å². The number of fused-ring (bicyclic) bond motifs is 1. The molecule has 0 saturated heterocycles. The molecule has 0 saturated carbocycles. The highest BCUT2D eigenvalue weighted by Crippen LogP contribution is 2.39. The number of anilines is 1. The summed E-state index contributed by atoms with van der Waals surface area (Å²) in [5.74, 6) is 1.42. The molecule has 0 aliphatic carbocycles. The summed E-state index contributed by atoms with van der Waals surface area (Å²) in [6, 6.07) is 19.3. The smallest absolute Gasteiger partial charge is 0.258 e. The van der Waals surface area contributed by atoms with Crippen LogP contribution in [0.25, 0.3) is 21.9 Å². The number of carbonyl (C=O) groups excluding carboxylic acids is 1. The van der Waals surface area contributed by atoms with Crippen molar-refractivity contribution < 1.29 is 9.53 Å². The minimum absolute atomic E-state index is 0.0310. The van der Waals surface area contributed by atoms with E-state index in [2.05, 4.69) is 10.2 Å². The van der Waals surface area contributed by atoms with Gasteiger partial charge in [0, 0.05) is 41.9 Å². The van der Waals surface area contributed by atoms with Crippen molar-refractivity contribution in [2.24, 2.45) is 7.05 Å². The van der Waals surface area contributed by atoms with Gasteiger partial charge in [0.2, 0.25) is 5.91 Å². The molecule has 0 aliphatic rings. The summed E-state index contributed by atoms with van der Waals surface area (Å²) in [7, 11) is 5.74. The molecule has 4 aromatic rings. The van der Waals surface area contributed by atoms with Crippen LogP contribution < -0.4 is 15.6 Å². The maximum atomic E-state index is 12.8. The third-order valence-electron chi connectivity index (χ3n) is 6.27. The van der Waals surface area contributed by atoms with Crippen LogP contribution in [0.5, 0.6) is 11.5 Å². The Kier molecular flexibility index (Phi) is 7.55. The maximum absolute atomic E-state index is 12.8. The first kappa shape index (κ1) is 25.2. The fourth-order valence-corrected chi connectivity index (χ4v) is 4.39. The summed E-state index contributed by atoms with van der Waals surface area (Å²) >= 11 is 0. The molecule has 1 N–H and O–H groups in total. The van der Waals surface area contributed by atoms with Gasteiger partial charge in [-0.1, -0.05) is 36.4 Å². The standard InChI is InChI=1S/C30H33N3O3/c1-20-10-8-11-21(2)29(20)36-27-16-15-22(31-28(34)14-9-17-32(3)4)18-25(27)26-19-33(5)30(35)24-13-7-6-12-23(24)26/h6-8,10-13,15-16,18-19H,9,14,17H2,1-5H3,(H,31,34). The summed E-state index contributed by atoms with van der Waals surface area (Å²) in [5, 5.41) is 4.50. The Morgan fingerprint density at radius 1 is 0.944 bits per heavy atom. The number of amides is 1. The summed E-state index contributed by atoms with van der Waals surface area (Å²) in [5.41, 5.74) is 4.35. The lowest BCUT2D eigenvalue weighted by Crippen LogP contribution is -2.17. The van der Waals surface area contributed by atoms with Gasteiger partial charge in [0.15, 0.2) is 0 Å². The maximum Gasteiger partial charge on any atom is 0.258 e. The highest BCUT2D eigenvalue weighted by molar-refractivity contribution is 5.99. The molecule has 6 nitrogen and oxygen atoms in total. The zero-order chi connectivity index (χ0) is 25.8. The average molecular weight is 484 g/mol. The third-order valence-corrected chi connectivity index (χ3v) is 6.27. The van der Waals surface area contributed by atoms with Crippen molar-refractivity contribution in [2.45, 2.75) is 26.7 Å². The molecule has 0 atom stereocenters. The van der Waals surface area contributed by atoms with Gasteiger partial charge in [0.25, 0.3) is 5.56 Å². The number of hydrogen-bond donors (Lipinski definition) is 1. The zero-order valence-corrected chi connectivity index (χ0v) is 21.6. The predicted octanol–water partition coefficient (Wildman–Crippen LogP) is 5.89. The van der Waals surface area contributed by atoms with Gasteiger partial charge in [-0.2, -0.15) is 0 Å². The monoisotopic (exact) mass is 483 g/mol. The minimum atomic E-state index is -0.0584. The summed E-state index contributed by atoms with van der Waals surface area (Å²) in [6.45, 7) is 4.89. The second-order valence-electron chi connectivity index (χ2n) is 9.49. The first-order chi connectivity index (χ1) is 17.2. The number of rotatable bonds is 8. The molecule has 36 heavy (non-hydrogen) atoms. The molecule has 0 aliphatic heterocycles. The molecule has 186 valence electrons. The lowest BCUT2D eigenvalue weighted by molar-refractivity contribution is -0.116. The molecule has 6 heteroatoms. The first-order valence-corrected chi connectivity index (χ1v) is 12.2. The van der Waals surface area contributed by atoms with Gasteiger partial charge in [0.1, 0.15) is 11.5 Å². The topological polar surface area (TPSA) is 63.6 Å². The number of pyridine rings is 1. The van der Waals surface area contributed by atoms with Crippen LogP contribution in [-0.2, 0) is 11.8 Å². The number of aryl methyl sites for hydroxylation is 3. The normalized spacial score (nSPS) is 11.2. The van der Waals surface area contributed by atoms with Gasteiger partial charge in [-0.05, 0) is 81.7 Å². The molecule has 1 aromatic heterocycles. The quantitative estimate of drug-likeness (QED) is 0.339. The SMILES string of the molecule is Cc1cccc(C)c1Oc1ccc(NC(=O)CCCN(C)C)cc1-c1cn(C)c(=O)c2ccccc12. The molecular weight excluding hydrogens is 450 g/mol. The van der Waals surface area contributed by atoms with Gasteiger partial charge in [-0.25, -0.2) is 0 Å². The van der Waals surface area contributed by atoms with Crippen molar-refractivity contribution in [3.05, 3.63) is 88.3 Å². The Morgan fingerprint density at radius 3 is 2.33 bits per heavy atom. The molecule has 0 spiro atoms. The van der Waals surface area contributed by atoms with Crippen LogP contribution in [0.1, 0.15) is 24.0 Å². The Hall–Kier alpha value is -3.90. The molecule has 1 amide bonds. The van der Waals surface area contributed by atoms with Crippen LogP contribution in [0.2, 0.25) is 0 Å². The second-order valence-corrected chi connectivity index (χ2v) is 9.49. The highest BCUT2D eigenvalue weighted by atomic mass is 16.5. The Labute approximate surface area is 212 Å². The number of benzene rings is 3. The number of nitrogens with zero attached hydrogens (tertiary/aromatic N) is 2. The number of hydrogen-bond acceptors (Lipinski definition) is 4. The van der Waals surface area contributed by atoms with Crippen molar-refractivity contribution in [2.75, 3.05) is 26.0 Å². The van der Waals surface area contributed by atoms with E-state index >= 15 is 0 Å². The van der Waals surface area contributed by atoms with E-state index in [1.807, 2.05) is 94.8 Å². The van der Waals surface area contributed by atoms with E-state index in [1.165, 1.54) is 0 Å². The van der Waals surface area contributed by atoms with E-state index in [-0.39, 0.29) is 11.5 Å². The van der Waals surface area contributed by atoms with E-state index in [1.54, 1.807) is 11.6 Å². The van der Waals surface area contributed by atoms with Crippen LogP contribution in [0, 0.1) is 13.8 Å². The number of carbonyl (C=O) groups is 1. The zero-order valence-electron chi connectivity index (χ0n) is 21.6. The van der Waals surface area contributed by atoms with Crippen LogP contribution in [-0.4, -0.2) is 36.0 Å². The number of ether oxygens (including phenoxy) is 1. The number of aromatic nitrogens is 1. The van der Waals surface area contributed by atoms with Crippen molar-refractivity contribution in [1.82, 2.24) is 9.47 Å². The summed E-state index contributed by atoms with van der Waals surface area (Å²) in [6.07, 6.45) is 3.06. The van der Waals surface area contributed by atoms with Gasteiger partial charge >= 0.3 is 0 Å². The van der Waals surface area contributed by atoms with Crippen molar-refractivity contribution in [3.63, 3.8) is 0 Å². The van der Waals surface area contributed by atoms with Gasteiger partial charge in [0.05, 0.1) is 0 Å². The second kappa shape index (κ2) is 10.8. The van der Waals surface area contributed by atoms with Gasteiger partial charge < -0.3 is 19.5 Å². The van der Waals surface area contributed by atoms with E-state index in [9.17, 15) is 9.59 Å².